The van der Waals surface area contributed by atoms with Crippen molar-refractivity contribution in [2.45, 2.75) is 32.1 Å². The number of ether oxygens (including phenoxy) is 1. The van der Waals surface area contributed by atoms with Crippen LogP contribution >= 0.6 is 12.2 Å². The number of thiocarbonyl (C=S) groups is 1. The number of nitrogens with one attached hydrogen (secondary N) is 3. The minimum Gasteiger partial charge on any atom is -0.466 e. The molecule has 174 valence electrons. The number of hydrogen-bond acceptors (Lipinski definition) is 7. The molecule has 11 heteroatoms. The second kappa shape index (κ2) is 13.5. The molecule has 2 amide bonds. The summed E-state index contributed by atoms with van der Waals surface area (Å²) < 4.78 is 5.16. The van der Waals surface area contributed by atoms with Crippen LogP contribution in [0.1, 0.15) is 41.6 Å². The number of amides is 2. The van der Waals surface area contributed by atoms with E-state index in [0.29, 0.717) is 6.61 Å². The fraction of sp³-hybridized carbons (Fsp3) is 0.273. The van der Waals surface area contributed by atoms with Crippen molar-refractivity contribution in [3.63, 3.8) is 0 Å². The highest BCUT2D eigenvalue weighted by Crippen LogP contribution is 2.12. The number of rotatable bonds is 10. The number of nitro groups is 1. The lowest BCUT2D eigenvalue weighted by Crippen LogP contribution is -2.48. The summed E-state index contributed by atoms with van der Waals surface area (Å²) in [4.78, 5) is 45.8. The molecule has 0 bridgehead atoms. The Morgan fingerprint density at radius 1 is 0.970 bits per heavy atom. The summed E-state index contributed by atoms with van der Waals surface area (Å²) in [6.45, 7) is 0.318. The molecule has 2 aromatic rings. The van der Waals surface area contributed by atoms with Crippen molar-refractivity contribution in [1.29, 1.82) is 0 Å². The molecular formula is C22H24N4O6S. The van der Waals surface area contributed by atoms with E-state index in [9.17, 15) is 24.5 Å². The Morgan fingerprint density at radius 3 is 2.45 bits per heavy atom. The zero-order valence-corrected chi connectivity index (χ0v) is 18.6. The average Bonchev–Trinajstić information content (AvgIpc) is 2.81. The Labute approximate surface area is 195 Å². The van der Waals surface area contributed by atoms with Gasteiger partial charge in [0.2, 0.25) is 5.91 Å². The molecule has 0 saturated heterocycles. The Bertz CT molecular complexity index is 999. The molecule has 33 heavy (non-hydrogen) atoms. The molecule has 0 atom stereocenters. The fourth-order valence-corrected chi connectivity index (χ4v) is 2.90. The van der Waals surface area contributed by atoms with Crippen LogP contribution in [0, 0.1) is 10.1 Å². The molecule has 2 rings (SSSR count). The van der Waals surface area contributed by atoms with Gasteiger partial charge >= 0.3 is 5.97 Å². The van der Waals surface area contributed by atoms with Crippen LogP contribution < -0.4 is 16.2 Å². The first kappa shape index (κ1) is 25.4. The molecule has 3 N–H and O–H groups in total. The van der Waals surface area contributed by atoms with Gasteiger partial charge in [0.15, 0.2) is 5.11 Å². The van der Waals surface area contributed by atoms with Gasteiger partial charge in [-0.05, 0) is 43.1 Å². The van der Waals surface area contributed by atoms with Gasteiger partial charge in [0.05, 0.1) is 11.5 Å². The number of carbonyl (C=O) groups excluding carboxylic acids is 3. The standard InChI is InChI=1S/C22H24N4O6S/c27-19(12-5-13-20(28)32-14-6-9-16-7-2-1-3-8-16)23-22(33)25-24-21(29)17-10-4-11-18(15-17)26(30)31/h1-4,7-8,10-11,15H,5-6,9,12-14H2,(H,24,29)(H2,23,25,27,33). The molecule has 0 aliphatic rings. The Balaban J connectivity index is 1.57. The SMILES string of the molecule is O=C(CCCC(=O)OCCCc1ccccc1)NC(=S)NNC(=O)c1cccc([N+](=O)[O-])c1. The molecule has 0 fully saturated rings. The van der Waals surface area contributed by atoms with E-state index in [2.05, 4.69) is 16.2 Å². The van der Waals surface area contributed by atoms with Crippen LogP contribution in [-0.4, -0.2) is 34.4 Å². The molecule has 0 unspecified atom stereocenters. The van der Waals surface area contributed by atoms with Crippen molar-refractivity contribution in [2.24, 2.45) is 0 Å². The van der Waals surface area contributed by atoms with Crippen LogP contribution in [0.25, 0.3) is 0 Å². The minimum atomic E-state index is -0.662. The molecule has 2 aromatic carbocycles. The van der Waals surface area contributed by atoms with Gasteiger partial charge in [0.25, 0.3) is 11.6 Å². The monoisotopic (exact) mass is 472 g/mol. The van der Waals surface area contributed by atoms with Crippen molar-refractivity contribution in [1.82, 2.24) is 16.2 Å². The number of aryl methyl sites for hydroxylation is 1. The Hall–Kier alpha value is -3.86. The molecule has 0 aliphatic carbocycles. The van der Waals surface area contributed by atoms with Crippen molar-refractivity contribution >= 4 is 40.8 Å². The maximum atomic E-state index is 12.0. The second-order valence-electron chi connectivity index (χ2n) is 6.93. The van der Waals surface area contributed by atoms with Crippen molar-refractivity contribution in [2.75, 3.05) is 6.61 Å². The summed E-state index contributed by atoms with van der Waals surface area (Å²) in [5.41, 5.74) is 5.59. The summed E-state index contributed by atoms with van der Waals surface area (Å²) in [7, 11) is 0. The average molecular weight is 473 g/mol. The first-order valence-corrected chi connectivity index (χ1v) is 10.6. The summed E-state index contributed by atoms with van der Waals surface area (Å²) in [5, 5.41) is 13.0. The van der Waals surface area contributed by atoms with Crippen molar-refractivity contribution in [3.05, 3.63) is 75.8 Å². The number of nitrogens with zero attached hydrogens (tertiary/aromatic N) is 1. The van der Waals surface area contributed by atoms with Crippen LogP contribution in [0.3, 0.4) is 0 Å². The maximum absolute atomic E-state index is 12.0. The third-order valence-corrected chi connectivity index (χ3v) is 4.57. The van der Waals surface area contributed by atoms with E-state index >= 15 is 0 Å². The third kappa shape index (κ3) is 9.87. The highest BCUT2D eigenvalue weighted by atomic mass is 32.1. The summed E-state index contributed by atoms with van der Waals surface area (Å²) in [6.07, 6.45) is 1.96. The lowest BCUT2D eigenvalue weighted by Gasteiger charge is -2.10. The molecule has 0 saturated carbocycles. The Kier molecular flexibility index (Phi) is 10.4. The van der Waals surface area contributed by atoms with Gasteiger partial charge in [0, 0.05) is 30.5 Å². The zero-order valence-electron chi connectivity index (χ0n) is 17.7. The van der Waals surface area contributed by atoms with E-state index in [4.69, 9.17) is 17.0 Å². The van der Waals surface area contributed by atoms with E-state index < -0.39 is 16.7 Å². The maximum Gasteiger partial charge on any atom is 0.305 e. The number of nitro benzene ring substituents is 1. The van der Waals surface area contributed by atoms with Gasteiger partial charge in [-0.25, -0.2) is 0 Å². The molecular weight excluding hydrogens is 448 g/mol. The van der Waals surface area contributed by atoms with Crippen LogP contribution in [0.15, 0.2) is 54.6 Å². The number of hydrogen-bond donors (Lipinski definition) is 3. The third-order valence-electron chi connectivity index (χ3n) is 4.36. The number of carbonyl (C=O) groups is 3. The zero-order chi connectivity index (χ0) is 24.1. The van der Waals surface area contributed by atoms with Crippen LogP contribution in [0.2, 0.25) is 0 Å². The molecule has 0 spiro atoms. The molecule has 0 heterocycles. The molecule has 0 aliphatic heterocycles. The highest BCUT2D eigenvalue weighted by molar-refractivity contribution is 7.80. The molecule has 10 nitrogen and oxygen atoms in total. The van der Waals surface area contributed by atoms with Crippen LogP contribution in [-0.2, 0) is 20.7 Å². The van der Waals surface area contributed by atoms with E-state index in [1.807, 2.05) is 30.3 Å². The van der Waals surface area contributed by atoms with E-state index in [0.717, 1.165) is 18.9 Å². The van der Waals surface area contributed by atoms with Crippen LogP contribution in [0.5, 0.6) is 0 Å². The summed E-state index contributed by atoms with van der Waals surface area (Å²) in [6, 6.07) is 15.0. The van der Waals surface area contributed by atoms with Gasteiger partial charge in [-0.15, -0.1) is 0 Å². The minimum absolute atomic E-state index is 0.0414. The van der Waals surface area contributed by atoms with Crippen LogP contribution in [0.4, 0.5) is 5.69 Å². The largest absolute Gasteiger partial charge is 0.466 e. The smallest absolute Gasteiger partial charge is 0.305 e. The van der Waals surface area contributed by atoms with Gasteiger partial charge in [0.1, 0.15) is 0 Å². The first-order valence-electron chi connectivity index (χ1n) is 10.2. The predicted molar refractivity (Wildman–Crippen MR) is 124 cm³/mol. The lowest BCUT2D eigenvalue weighted by molar-refractivity contribution is -0.384. The van der Waals surface area contributed by atoms with E-state index in [-0.39, 0.29) is 41.6 Å². The highest BCUT2D eigenvalue weighted by Gasteiger charge is 2.12. The Morgan fingerprint density at radius 2 is 1.73 bits per heavy atom. The van der Waals surface area contributed by atoms with Crippen molar-refractivity contribution < 1.29 is 24.0 Å². The quantitative estimate of drug-likeness (QED) is 0.158. The van der Waals surface area contributed by atoms with Crippen molar-refractivity contribution in [3.8, 4) is 0 Å². The second-order valence-corrected chi connectivity index (χ2v) is 7.34. The summed E-state index contributed by atoms with van der Waals surface area (Å²) in [5.74, 6) is -1.47. The van der Waals surface area contributed by atoms with E-state index in [1.54, 1.807) is 0 Å². The van der Waals surface area contributed by atoms with Gasteiger partial charge in [-0.3, -0.25) is 35.3 Å². The molecule has 0 aromatic heterocycles. The predicted octanol–water partition coefficient (Wildman–Crippen LogP) is 2.58. The number of non-ortho nitro benzene ring substituents is 1. The first-order chi connectivity index (χ1) is 15.8. The number of esters is 1. The summed E-state index contributed by atoms with van der Waals surface area (Å²) >= 11 is 4.92. The lowest BCUT2D eigenvalue weighted by atomic mass is 10.1. The normalized spacial score (nSPS) is 10.1. The number of benzene rings is 2. The van der Waals surface area contributed by atoms with Gasteiger partial charge in [-0.1, -0.05) is 36.4 Å². The van der Waals surface area contributed by atoms with E-state index in [1.165, 1.54) is 23.8 Å². The fourth-order valence-electron chi connectivity index (χ4n) is 2.74. The van der Waals surface area contributed by atoms with Gasteiger partial charge < -0.3 is 10.1 Å². The topological polar surface area (TPSA) is 140 Å². The number of hydrazine groups is 1. The molecule has 0 radical (unpaired) electrons. The van der Waals surface area contributed by atoms with Gasteiger partial charge in [-0.2, -0.15) is 0 Å².